The average molecular weight is 339 g/mol. The molecule has 0 N–H and O–H groups in total. The predicted octanol–water partition coefficient (Wildman–Crippen LogP) is 4.09. The number of piperidine rings is 1. The van der Waals surface area contributed by atoms with Crippen molar-refractivity contribution in [3.05, 3.63) is 35.7 Å². The Hall–Kier alpha value is -2.17. The number of carbonyl (C=O) groups is 1. The fourth-order valence-electron chi connectivity index (χ4n) is 4.53. The molecule has 1 aliphatic carbocycles. The number of rotatable bonds is 2. The van der Waals surface area contributed by atoms with Crippen molar-refractivity contribution in [2.24, 2.45) is 11.8 Å². The molecule has 5 nitrogen and oxygen atoms in total. The van der Waals surface area contributed by atoms with Crippen molar-refractivity contribution in [3.8, 4) is 11.5 Å². The van der Waals surface area contributed by atoms with E-state index in [2.05, 4.69) is 22.0 Å². The minimum atomic E-state index is 0.141. The van der Waals surface area contributed by atoms with E-state index in [-0.39, 0.29) is 5.91 Å². The van der Waals surface area contributed by atoms with Crippen LogP contribution in [0.3, 0.4) is 0 Å². The molecule has 1 aromatic carbocycles. The van der Waals surface area contributed by atoms with Crippen LogP contribution < -0.4 is 0 Å². The molecule has 132 valence electrons. The van der Waals surface area contributed by atoms with E-state index in [0.29, 0.717) is 29.3 Å². The van der Waals surface area contributed by atoms with Gasteiger partial charge in [0.2, 0.25) is 11.8 Å². The van der Waals surface area contributed by atoms with Gasteiger partial charge in [0.1, 0.15) is 0 Å². The summed E-state index contributed by atoms with van der Waals surface area (Å²) in [6.07, 6.45) is 6.05. The summed E-state index contributed by atoms with van der Waals surface area (Å²) < 4.78 is 5.50. The summed E-state index contributed by atoms with van der Waals surface area (Å²) in [5.41, 5.74) is 1.52. The second kappa shape index (κ2) is 6.62. The van der Waals surface area contributed by atoms with E-state index in [1.807, 2.05) is 24.3 Å². The lowest BCUT2D eigenvalue weighted by atomic mass is 9.72. The number of likely N-dealkylation sites (tertiary alicyclic amines) is 1. The van der Waals surface area contributed by atoms with Gasteiger partial charge in [-0.05, 0) is 49.3 Å². The van der Waals surface area contributed by atoms with Crippen molar-refractivity contribution >= 4 is 5.91 Å². The van der Waals surface area contributed by atoms with E-state index in [9.17, 15) is 4.79 Å². The van der Waals surface area contributed by atoms with Gasteiger partial charge in [0.05, 0.1) is 0 Å². The number of benzene rings is 1. The van der Waals surface area contributed by atoms with Crippen LogP contribution in [-0.4, -0.2) is 33.6 Å². The fourth-order valence-corrected chi connectivity index (χ4v) is 4.53. The monoisotopic (exact) mass is 339 g/mol. The molecule has 0 radical (unpaired) electrons. The number of nitrogens with zero attached hydrogens (tertiary/aromatic N) is 3. The van der Waals surface area contributed by atoms with Crippen molar-refractivity contribution in [1.82, 2.24) is 15.1 Å². The number of fused-ring (bicyclic) bond motifs is 1. The first-order chi connectivity index (χ1) is 12.1. The third-order valence-electron chi connectivity index (χ3n) is 5.88. The van der Waals surface area contributed by atoms with Crippen LogP contribution in [0.2, 0.25) is 0 Å². The number of carbonyl (C=O) groups excluding carboxylic acids is 1. The normalized spacial score (nSPS) is 26.3. The Morgan fingerprint density at radius 3 is 2.84 bits per heavy atom. The maximum Gasteiger partial charge on any atom is 0.254 e. The van der Waals surface area contributed by atoms with E-state index >= 15 is 0 Å². The van der Waals surface area contributed by atoms with E-state index in [0.717, 1.165) is 30.9 Å². The minimum absolute atomic E-state index is 0.141. The molecule has 0 bridgehead atoms. The summed E-state index contributed by atoms with van der Waals surface area (Å²) in [6.45, 7) is 4.98. The number of hydrogen-bond donors (Lipinski definition) is 0. The average Bonchev–Trinajstić information content (AvgIpc) is 3.08. The van der Waals surface area contributed by atoms with Crippen LogP contribution in [0.15, 0.2) is 28.7 Å². The molecule has 2 fully saturated rings. The second-order valence-corrected chi connectivity index (χ2v) is 7.49. The van der Waals surface area contributed by atoms with E-state index in [1.54, 1.807) is 6.92 Å². The smallest absolute Gasteiger partial charge is 0.254 e. The van der Waals surface area contributed by atoms with Crippen molar-refractivity contribution in [3.63, 3.8) is 0 Å². The molecule has 3 atom stereocenters. The van der Waals surface area contributed by atoms with Gasteiger partial charge in [0.15, 0.2) is 0 Å². The van der Waals surface area contributed by atoms with E-state index in [4.69, 9.17) is 4.42 Å². The van der Waals surface area contributed by atoms with Gasteiger partial charge in [-0.1, -0.05) is 25.8 Å². The number of aromatic nitrogens is 2. The molecule has 4 rings (SSSR count). The first kappa shape index (κ1) is 16.3. The first-order valence-electron chi connectivity index (χ1n) is 9.35. The zero-order chi connectivity index (χ0) is 17.4. The summed E-state index contributed by atoms with van der Waals surface area (Å²) >= 11 is 0. The van der Waals surface area contributed by atoms with Gasteiger partial charge < -0.3 is 9.32 Å². The molecule has 2 aromatic rings. The van der Waals surface area contributed by atoms with Crippen molar-refractivity contribution in [2.45, 2.75) is 52.0 Å². The molecule has 2 heterocycles. The molecule has 1 saturated carbocycles. The molecule has 5 heteroatoms. The summed E-state index contributed by atoms with van der Waals surface area (Å²) in [6, 6.07) is 7.98. The molecular formula is C20H25N3O2. The quantitative estimate of drug-likeness (QED) is 0.827. The Labute approximate surface area is 148 Å². The second-order valence-electron chi connectivity index (χ2n) is 7.49. The number of aryl methyl sites for hydroxylation is 1. The van der Waals surface area contributed by atoms with Crippen LogP contribution in [-0.2, 0) is 0 Å². The van der Waals surface area contributed by atoms with Crippen LogP contribution >= 0.6 is 0 Å². The van der Waals surface area contributed by atoms with Gasteiger partial charge in [-0.2, -0.15) is 0 Å². The van der Waals surface area contributed by atoms with Crippen LogP contribution in [0.5, 0.6) is 0 Å². The molecule has 1 saturated heterocycles. The van der Waals surface area contributed by atoms with E-state index < -0.39 is 0 Å². The lowest BCUT2D eigenvalue weighted by molar-refractivity contribution is 0.0218. The minimum Gasteiger partial charge on any atom is -0.421 e. The van der Waals surface area contributed by atoms with Gasteiger partial charge in [0.25, 0.3) is 5.91 Å². The largest absolute Gasteiger partial charge is 0.421 e. The SMILES string of the molecule is Cc1nnc(-c2cccc(C(=O)N3CC[C@H](C)[C@H]4CCCC[C@H]43)c2)o1. The Morgan fingerprint density at radius 2 is 2.04 bits per heavy atom. The van der Waals surface area contributed by atoms with Crippen molar-refractivity contribution in [2.75, 3.05) is 6.54 Å². The summed E-state index contributed by atoms with van der Waals surface area (Å²) in [7, 11) is 0. The third kappa shape index (κ3) is 3.08. The Kier molecular flexibility index (Phi) is 4.32. The highest BCUT2D eigenvalue weighted by Gasteiger charge is 2.39. The molecule has 1 amide bonds. The van der Waals surface area contributed by atoms with Crippen molar-refractivity contribution < 1.29 is 9.21 Å². The highest BCUT2D eigenvalue weighted by atomic mass is 16.4. The van der Waals surface area contributed by atoms with Gasteiger partial charge in [-0.3, -0.25) is 4.79 Å². The standard InChI is InChI=1S/C20H25N3O2/c1-13-10-11-23(18-9-4-3-8-17(13)18)20(24)16-7-5-6-15(12-16)19-22-21-14(2)25-19/h5-7,12-13,17-18H,3-4,8-11H2,1-2H3/t13-,17+,18+/m0/s1. The highest BCUT2D eigenvalue weighted by Crippen LogP contribution is 2.39. The highest BCUT2D eigenvalue weighted by molar-refractivity contribution is 5.95. The molecule has 25 heavy (non-hydrogen) atoms. The molecule has 2 aliphatic rings. The van der Waals surface area contributed by atoms with E-state index in [1.165, 1.54) is 19.3 Å². The molecule has 1 aliphatic heterocycles. The Morgan fingerprint density at radius 1 is 1.20 bits per heavy atom. The zero-order valence-corrected chi connectivity index (χ0v) is 14.9. The summed E-state index contributed by atoms with van der Waals surface area (Å²) in [5.74, 6) is 2.52. The Bertz CT molecular complexity index is 770. The zero-order valence-electron chi connectivity index (χ0n) is 14.9. The van der Waals surface area contributed by atoms with Gasteiger partial charge in [0, 0.05) is 30.6 Å². The molecular weight excluding hydrogens is 314 g/mol. The van der Waals surface area contributed by atoms with Crippen LogP contribution in [0.25, 0.3) is 11.5 Å². The number of amides is 1. The molecule has 1 aromatic heterocycles. The lowest BCUT2D eigenvalue weighted by Crippen LogP contribution is -2.52. The maximum absolute atomic E-state index is 13.2. The molecule has 0 unspecified atom stereocenters. The van der Waals surface area contributed by atoms with Gasteiger partial charge in [-0.15, -0.1) is 10.2 Å². The maximum atomic E-state index is 13.2. The van der Waals surface area contributed by atoms with Crippen LogP contribution in [0, 0.1) is 18.8 Å². The fraction of sp³-hybridized carbons (Fsp3) is 0.550. The Balaban J connectivity index is 1.60. The predicted molar refractivity (Wildman–Crippen MR) is 95.0 cm³/mol. The number of hydrogen-bond acceptors (Lipinski definition) is 4. The lowest BCUT2D eigenvalue weighted by Gasteiger charge is -2.47. The first-order valence-corrected chi connectivity index (χ1v) is 9.35. The molecule has 0 spiro atoms. The third-order valence-corrected chi connectivity index (χ3v) is 5.88. The van der Waals surface area contributed by atoms with Crippen molar-refractivity contribution in [1.29, 1.82) is 0 Å². The summed E-state index contributed by atoms with van der Waals surface area (Å²) in [4.78, 5) is 15.3. The van der Waals surface area contributed by atoms with Crippen LogP contribution in [0.1, 0.15) is 55.3 Å². The summed E-state index contributed by atoms with van der Waals surface area (Å²) in [5, 5.41) is 7.94. The topological polar surface area (TPSA) is 59.2 Å². The van der Waals surface area contributed by atoms with Gasteiger partial charge >= 0.3 is 0 Å². The van der Waals surface area contributed by atoms with Gasteiger partial charge in [-0.25, -0.2) is 0 Å². The van der Waals surface area contributed by atoms with Crippen LogP contribution in [0.4, 0.5) is 0 Å².